The van der Waals surface area contributed by atoms with Gasteiger partial charge in [0.05, 0.1) is 12.7 Å². The van der Waals surface area contributed by atoms with Crippen LogP contribution in [-0.2, 0) is 0 Å². The molecule has 98 valence electrons. The zero-order valence-corrected chi connectivity index (χ0v) is 10.8. The number of aromatic nitrogens is 1. The summed E-state index contributed by atoms with van der Waals surface area (Å²) in [5.74, 6) is 0.810. The summed E-state index contributed by atoms with van der Waals surface area (Å²) >= 11 is 0. The quantitative estimate of drug-likeness (QED) is 0.827. The van der Waals surface area contributed by atoms with Gasteiger partial charge in [0.2, 0.25) is 0 Å². The number of methoxy groups -OCH3 is 1. The molecule has 19 heavy (non-hydrogen) atoms. The fraction of sp³-hybridized carbons (Fsp3) is 0.143. The third-order valence-corrected chi connectivity index (χ3v) is 2.66. The van der Waals surface area contributed by atoms with E-state index in [2.05, 4.69) is 10.3 Å². The number of hydrogen-bond acceptors (Lipinski definition) is 4. The van der Waals surface area contributed by atoms with Crippen molar-refractivity contribution in [2.75, 3.05) is 18.2 Å². The lowest BCUT2D eigenvalue weighted by Crippen LogP contribution is -2.14. The molecule has 5 nitrogen and oxygen atoms in total. The van der Waals surface area contributed by atoms with E-state index in [1.165, 1.54) is 0 Å². The predicted molar refractivity (Wildman–Crippen MR) is 74.3 cm³/mol. The van der Waals surface area contributed by atoms with Gasteiger partial charge in [-0.15, -0.1) is 0 Å². The molecule has 5 heteroatoms. The first-order valence-electron chi connectivity index (χ1n) is 5.77. The largest absolute Gasteiger partial charge is 0.497 e. The van der Waals surface area contributed by atoms with Gasteiger partial charge < -0.3 is 15.8 Å². The van der Waals surface area contributed by atoms with E-state index in [4.69, 9.17) is 10.5 Å². The Balaban J connectivity index is 2.18. The Morgan fingerprint density at radius 3 is 2.68 bits per heavy atom. The molecule has 0 aliphatic rings. The van der Waals surface area contributed by atoms with Crippen LogP contribution in [0, 0.1) is 6.92 Å². The first-order chi connectivity index (χ1) is 9.10. The Kier molecular flexibility index (Phi) is 3.66. The average Bonchev–Trinajstić information content (AvgIpc) is 2.41. The average molecular weight is 257 g/mol. The minimum atomic E-state index is -0.295. The first-order valence-corrected chi connectivity index (χ1v) is 5.77. The van der Waals surface area contributed by atoms with Gasteiger partial charge in [-0.1, -0.05) is 6.07 Å². The van der Waals surface area contributed by atoms with E-state index in [1.54, 1.807) is 37.6 Å². The van der Waals surface area contributed by atoms with Crippen molar-refractivity contribution in [2.24, 2.45) is 0 Å². The standard InChI is InChI=1S/C14H15N3O2/c1-9-3-6-13(16-8-9)17-14(18)11-5-4-10(19-2)7-12(11)15/h3-8H,15H2,1-2H3,(H,16,17,18). The number of benzene rings is 1. The van der Waals surface area contributed by atoms with Crippen LogP contribution in [0.15, 0.2) is 36.5 Å². The smallest absolute Gasteiger partial charge is 0.258 e. The van der Waals surface area contributed by atoms with E-state index in [1.807, 2.05) is 13.0 Å². The first kappa shape index (κ1) is 12.9. The normalized spacial score (nSPS) is 10.0. The molecule has 0 bridgehead atoms. The number of amides is 1. The van der Waals surface area contributed by atoms with Gasteiger partial charge in [-0.25, -0.2) is 4.98 Å². The second-order valence-corrected chi connectivity index (χ2v) is 4.13. The van der Waals surface area contributed by atoms with Gasteiger partial charge >= 0.3 is 0 Å². The summed E-state index contributed by atoms with van der Waals surface area (Å²) in [4.78, 5) is 16.2. The molecule has 0 unspecified atom stereocenters. The highest BCUT2D eigenvalue weighted by Gasteiger charge is 2.11. The predicted octanol–water partition coefficient (Wildman–Crippen LogP) is 2.23. The summed E-state index contributed by atoms with van der Waals surface area (Å²) in [5, 5.41) is 2.69. The third kappa shape index (κ3) is 3.01. The molecule has 0 saturated carbocycles. The molecule has 3 N–H and O–H groups in total. The molecule has 1 heterocycles. The molecule has 1 amide bonds. The number of rotatable bonds is 3. The molecular weight excluding hydrogens is 242 g/mol. The van der Waals surface area contributed by atoms with Gasteiger partial charge in [0.25, 0.3) is 5.91 Å². The van der Waals surface area contributed by atoms with Crippen molar-refractivity contribution in [2.45, 2.75) is 6.92 Å². The molecule has 0 aliphatic carbocycles. The molecule has 0 radical (unpaired) electrons. The van der Waals surface area contributed by atoms with Gasteiger partial charge in [0, 0.05) is 18.0 Å². The Morgan fingerprint density at radius 2 is 2.11 bits per heavy atom. The Labute approximate surface area is 111 Å². The number of hydrogen-bond donors (Lipinski definition) is 2. The Hall–Kier alpha value is -2.56. The van der Waals surface area contributed by atoms with Crippen LogP contribution in [0.4, 0.5) is 11.5 Å². The van der Waals surface area contributed by atoms with Crippen molar-refractivity contribution in [1.82, 2.24) is 4.98 Å². The van der Waals surface area contributed by atoms with Crippen LogP contribution >= 0.6 is 0 Å². The molecule has 0 saturated heterocycles. The molecule has 0 atom stereocenters. The maximum absolute atomic E-state index is 12.0. The van der Waals surface area contributed by atoms with Crippen LogP contribution in [0.3, 0.4) is 0 Å². The van der Waals surface area contributed by atoms with Gasteiger partial charge in [0.15, 0.2) is 0 Å². The number of carbonyl (C=O) groups excluding carboxylic acids is 1. The molecule has 2 aromatic rings. The van der Waals surface area contributed by atoms with Crippen LogP contribution in [0.1, 0.15) is 15.9 Å². The van der Waals surface area contributed by atoms with E-state index in [0.29, 0.717) is 22.8 Å². The van der Waals surface area contributed by atoms with Gasteiger partial charge in [-0.3, -0.25) is 4.79 Å². The van der Waals surface area contributed by atoms with Crippen molar-refractivity contribution in [3.63, 3.8) is 0 Å². The van der Waals surface area contributed by atoms with Crippen molar-refractivity contribution in [1.29, 1.82) is 0 Å². The van der Waals surface area contributed by atoms with Gasteiger partial charge in [-0.2, -0.15) is 0 Å². The number of aryl methyl sites for hydroxylation is 1. The van der Waals surface area contributed by atoms with Crippen LogP contribution in [0.2, 0.25) is 0 Å². The number of pyridine rings is 1. The van der Waals surface area contributed by atoms with E-state index in [0.717, 1.165) is 5.56 Å². The van der Waals surface area contributed by atoms with E-state index in [-0.39, 0.29) is 5.91 Å². The monoisotopic (exact) mass is 257 g/mol. The second-order valence-electron chi connectivity index (χ2n) is 4.13. The third-order valence-electron chi connectivity index (χ3n) is 2.66. The molecule has 0 fully saturated rings. The summed E-state index contributed by atoms with van der Waals surface area (Å²) < 4.78 is 5.04. The summed E-state index contributed by atoms with van der Waals surface area (Å²) in [5.41, 5.74) is 7.60. The number of ether oxygens (including phenoxy) is 1. The van der Waals surface area contributed by atoms with Crippen molar-refractivity contribution >= 4 is 17.4 Å². The van der Waals surface area contributed by atoms with Crippen molar-refractivity contribution in [3.8, 4) is 5.75 Å². The Morgan fingerprint density at radius 1 is 1.32 bits per heavy atom. The number of nitrogens with zero attached hydrogens (tertiary/aromatic N) is 1. The van der Waals surface area contributed by atoms with E-state index in [9.17, 15) is 4.79 Å². The molecule has 0 aliphatic heterocycles. The highest BCUT2D eigenvalue weighted by atomic mass is 16.5. The molecule has 1 aromatic carbocycles. The van der Waals surface area contributed by atoms with Crippen LogP contribution in [0.25, 0.3) is 0 Å². The van der Waals surface area contributed by atoms with E-state index < -0.39 is 0 Å². The fourth-order valence-electron chi connectivity index (χ4n) is 1.60. The Bertz CT molecular complexity index is 594. The summed E-state index contributed by atoms with van der Waals surface area (Å²) in [6.45, 7) is 1.93. The molecule has 2 rings (SSSR count). The second kappa shape index (κ2) is 5.39. The number of nitrogens with two attached hydrogens (primary N) is 1. The number of anilines is 2. The van der Waals surface area contributed by atoms with Crippen molar-refractivity contribution in [3.05, 3.63) is 47.7 Å². The number of nitrogens with one attached hydrogen (secondary N) is 1. The zero-order chi connectivity index (χ0) is 13.8. The lowest BCUT2D eigenvalue weighted by molar-refractivity contribution is 0.102. The van der Waals surface area contributed by atoms with Crippen molar-refractivity contribution < 1.29 is 9.53 Å². The SMILES string of the molecule is COc1ccc(C(=O)Nc2ccc(C)cn2)c(N)c1. The van der Waals surface area contributed by atoms with Crippen LogP contribution < -0.4 is 15.8 Å². The van der Waals surface area contributed by atoms with Crippen LogP contribution in [-0.4, -0.2) is 18.0 Å². The summed E-state index contributed by atoms with van der Waals surface area (Å²) in [6.07, 6.45) is 1.69. The molecule has 0 spiro atoms. The highest BCUT2D eigenvalue weighted by Crippen LogP contribution is 2.20. The lowest BCUT2D eigenvalue weighted by Gasteiger charge is -2.08. The van der Waals surface area contributed by atoms with Gasteiger partial charge in [-0.05, 0) is 30.7 Å². The lowest BCUT2D eigenvalue weighted by atomic mass is 10.1. The fourth-order valence-corrected chi connectivity index (χ4v) is 1.60. The highest BCUT2D eigenvalue weighted by molar-refractivity contribution is 6.07. The minimum Gasteiger partial charge on any atom is -0.497 e. The number of carbonyl (C=O) groups is 1. The molecular formula is C14H15N3O2. The maximum Gasteiger partial charge on any atom is 0.258 e. The molecule has 1 aromatic heterocycles. The zero-order valence-electron chi connectivity index (χ0n) is 10.8. The topological polar surface area (TPSA) is 77.2 Å². The number of nitrogen functional groups attached to an aromatic ring is 1. The van der Waals surface area contributed by atoms with E-state index >= 15 is 0 Å². The summed E-state index contributed by atoms with van der Waals surface area (Å²) in [7, 11) is 1.55. The summed E-state index contributed by atoms with van der Waals surface area (Å²) in [6, 6.07) is 8.54. The van der Waals surface area contributed by atoms with Gasteiger partial charge in [0.1, 0.15) is 11.6 Å². The minimum absolute atomic E-state index is 0.295. The van der Waals surface area contributed by atoms with Crippen LogP contribution in [0.5, 0.6) is 5.75 Å². The maximum atomic E-state index is 12.0.